The van der Waals surface area contributed by atoms with Crippen molar-refractivity contribution in [2.24, 2.45) is 0 Å². The SMILES string of the molecule is CCCn1cc(NC(=O)CC2(O)CCCCC2)cn1. The van der Waals surface area contributed by atoms with Crippen molar-refractivity contribution < 1.29 is 9.90 Å². The highest BCUT2D eigenvalue weighted by Gasteiger charge is 2.31. The van der Waals surface area contributed by atoms with E-state index >= 15 is 0 Å². The number of carbonyl (C=O) groups is 1. The van der Waals surface area contributed by atoms with E-state index in [1.165, 1.54) is 0 Å². The van der Waals surface area contributed by atoms with Gasteiger partial charge in [0.15, 0.2) is 0 Å². The number of nitrogens with zero attached hydrogens (tertiary/aromatic N) is 2. The molecule has 0 unspecified atom stereocenters. The van der Waals surface area contributed by atoms with E-state index in [9.17, 15) is 9.90 Å². The Balaban J connectivity index is 1.86. The van der Waals surface area contributed by atoms with E-state index in [0.29, 0.717) is 5.69 Å². The zero-order valence-corrected chi connectivity index (χ0v) is 11.6. The first kappa shape index (κ1) is 14.1. The van der Waals surface area contributed by atoms with Gasteiger partial charge in [0, 0.05) is 12.7 Å². The van der Waals surface area contributed by atoms with Crippen LogP contribution in [0.4, 0.5) is 5.69 Å². The van der Waals surface area contributed by atoms with Crippen LogP contribution in [0.2, 0.25) is 0 Å². The Morgan fingerprint density at radius 3 is 2.89 bits per heavy atom. The summed E-state index contributed by atoms with van der Waals surface area (Å²) in [6, 6.07) is 0. The summed E-state index contributed by atoms with van der Waals surface area (Å²) in [6.45, 7) is 2.93. The highest BCUT2D eigenvalue weighted by Crippen LogP contribution is 2.31. The number of anilines is 1. The summed E-state index contributed by atoms with van der Waals surface area (Å²) in [4.78, 5) is 11.9. The van der Waals surface area contributed by atoms with Gasteiger partial charge in [0.1, 0.15) is 0 Å². The lowest BCUT2D eigenvalue weighted by Gasteiger charge is -2.31. The van der Waals surface area contributed by atoms with Gasteiger partial charge in [0.2, 0.25) is 5.91 Å². The van der Waals surface area contributed by atoms with Gasteiger partial charge in [0.05, 0.1) is 23.9 Å². The minimum atomic E-state index is -0.804. The molecular formula is C14H23N3O2. The van der Waals surface area contributed by atoms with Crippen LogP contribution in [0, 0.1) is 0 Å². The number of aliphatic hydroxyl groups is 1. The van der Waals surface area contributed by atoms with Crippen LogP contribution in [-0.4, -0.2) is 26.4 Å². The number of hydrogen-bond acceptors (Lipinski definition) is 3. The van der Waals surface area contributed by atoms with Crippen molar-refractivity contribution in [2.75, 3.05) is 5.32 Å². The Hall–Kier alpha value is -1.36. The number of nitrogens with one attached hydrogen (secondary N) is 1. The quantitative estimate of drug-likeness (QED) is 0.858. The van der Waals surface area contributed by atoms with Crippen LogP contribution in [-0.2, 0) is 11.3 Å². The number of amides is 1. The molecule has 106 valence electrons. The van der Waals surface area contributed by atoms with Crippen LogP contribution in [0.3, 0.4) is 0 Å². The average Bonchev–Trinajstić information content (AvgIpc) is 2.77. The first-order valence-corrected chi connectivity index (χ1v) is 7.16. The zero-order chi connectivity index (χ0) is 13.7. The molecule has 1 aromatic rings. The lowest BCUT2D eigenvalue weighted by molar-refractivity contribution is -0.122. The van der Waals surface area contributed by atoms with Gasteiger partial charge >= 0.3 is 0 Å². The predicted molar refractivity (Wildman–Crippen MR) is 73.8 cm³/mol. The first-order chi connectivity index (χ1) is 9.11. The monoisotopic (exact) mass is 265 g/mol. The summed E-state index contributed by atoms with van der Waals surface area (Å²) in [7, 11) is 0. The predicted octanol–water partition coefficient (Wildman–Crippen LogP) is 2.32. The molecule has 1 amide bonds. The van der Waals surface area contributed by atoms with Gasteiger partial charge < -0.3 is 10.4 Å². The van der Waals surface area contributed by atoms with Crippen LogP contribution in [0.25, 0.3) is 0 Å². The molecule has 0 aromatic carbocycles. The maximum Gasteiger partial charge on any atom is 0.227 e. The average molecular weight is 265 g/mol. The fourth-order valence-corrected chi connectivity index (χ4v) is 2.67. The Kier molecular flexibility index (Phi) is 4.58. The van der Waals surface area contributed by atoms with Gasteiger partial charge in [-0.25, -0.2) is 0 Å². The summed E-state index contributed by atoms with van der Waals surface area (Å²) < 4.78 is 1.81. The Labute approximate surface area is 114 Å². The van der Waals surface area contributed by atoms with Crippen molar-refractivity contribution in [1.29, 1.82) is 0 Å². The second kappa shape index (κ2) is 6.19. The van der Waals surface area contributed by atoms with E-state index in [1.807, 2.05) is 10.9 Å². The molecule has 2 rings (SSSR count). The molecular weight excluding hydrogens is 242 g/mol. The number of hydrogen-bond donors (Lipinski definition) is 2. The third-order valence-electron chi connectivity index (χ3n) is 3.64. The Morgan fingerprint density at radius 2 is 2.21 bits per heavy atom. The van der Waals surface area contributed by atoms with Crippen molar-refractivity contribution in [3.63, 3.8) is 0 Å². The van der Waals surface area contributed by atoms with Crippen molar-refractivity contribution in [3.05, 3.63) is 12.4 Å². The van der Waals surface area contributed by atoms with E-state index < -0.39 is 5.60 Å². The number of rotatable bonds is 5. The maximum absolute atomic E-state index is 11.9. The van der Waals surface area contributed by atoms with E-state index in [0.717, 1.165) is 45.1 Å². The van der Waals surface area contributed by atoms with Gasteiger partial charge in [-0.15, -0.1) is 0 Å². The molecule has 0 spiro atoms. The largest absolute Gasteiger partial charge is 0.389 e. The minimum Gasteiger partial charge on any atom is -0.389 e. The fraction of sp³-hybridized carbons (Fsp3) is 0.714. The normalized spacial score (nSPS) is 18.2. The topological polar surface area (TPSA) is 67.2 Å². The molecule has 5 nitrogen and oxygen atoms in total. The molecule has 5 heteroatoms. The molecule has 0 aliphatic heterocycles. The lowest BCUT2D eigenvalue weighted by atomic mass is 9.82. The van der Waals surface area contributed by atoms with Crippen molar-refractivity contribution in [1.82, 2.24) is 9.78 Å². The molecule has 0 saturated heterocycles. The van der Waals surface area contributed by atoms with E-state index in [4.69, 9.17) is 0 Å². The molecule has 1 aromatic heterocycles. The number of aromatic nitrogens is 2. The van der Waals surface area contributed by atoms with Gasteiger partial charge in [-0.3, -0.25) is 9.48 Å². The van der Waals surface area contributed by atoms with Gasteiger partial charge in [0.25, 0.3) is 0 Å². The van der Waals surface area contributed by atoms with Crippen molar-refractivity contribution in [2.45, 2.75) is 64.0 Å². The van der Waals surface area contributed by atoms with Crippen LogP contribution in [0.1, 0.15) is 51.9 Å². The molecule has 0 atom stereocenters. The van der Waals surface area contributed by atoms with Crippen LogP contribution in [0.15, 0.2) is 12.4 Å². The molecule has 1 aliphatic carbocycles. The third kappa shape index (κ3) is 4.06. The van der Waals surface area contributed by atoms with Crippen LogP contribution < -0.4 is 5.32 Å². The van der Waals surface area contributed by atoms with Gasteiger partial charge in [-0.1, -0.05) is 26.2 Å². The van der Waals surface area contributed by atoms with Gasteiger partial charge in [-0.05, 0) is 19.3 Å². The molecule has 1 fully saturated rings. The summed E-state index contributed by atoms with van der Waals surface area (Å²) in [6.07, 6.45) is 9.32. The van der Waals surface area contributed by atoms with Crippen molar-refractivity contribution >= 4 is 11.6 Å². The summed E-state index contributed by atoms with van der Waals surface area (Å²) in [5.74, 6) is -0.125. The molecule has 2 N–H and O–H groups in total. The summed E-state index contributed by atoms with van der Waals surface area (Å²) in [5.41, 5.74) is -0.0975. The Bertz CT molecular complexity index is 422. The molecule has 0 radical (unpaired) electrons. The fourth-order valence-electron chi connectivity index (χ4n) is 2.67. The maximum atomic E-state index is 11.9. The van der Waals surface area contributed by atoms with Crippen LogP contribution in [0.5, 0.6) is 0 Å². The van der Waals surface area contributed by atoms with Gasteiger partial charge in [-0.2, -0.15) is 5.10 Å². The van der Waals surface area contributed by atoms with E-state index in [2.05, 4.69) is 17.3 Å². The van der Waals surface area contributed by atoms with Crippen molar-refractivity contribution in [3.8, 4) is 0 Å². The lowest BCUT2D eigenvalue weighted by Crippen LogP contribution is -2.35. The Morgan fingerprint density at radius 1 is 1.47 bits per heavy atom. The molecule has 19 heavy (non-hydrogen) atoms. The molecule has 1 saturated carbocycles. The second-order valence-electron chi connectivity index (χ2n) is 5.50. The standard InChI is InChI=1S/C14H23N3O2/c1-2-8-17-11-12(10-15-17)16-13(18)9-14(19)6-4-3-5-7-14/h10-11,19H,2-9H2,1H3,(H,16,18). The summed E-state index contributed by atoms with van der Waals surface area (Å²) >= 11 is 0. The minimum absolute atomic E-state index is 0.125. The smallest absolute Gasteiger partial charge is 0.227 e. The third-order valence-corrected chi connectivity index (χ3v) is 3.64. The molecule has 1 aliphatic rings. The summed E-state index contributed by atoms with van der Waals surface area (Å²) in [5, 5.41) is 17.3. The highest BCUT2D eigenvalue weighted by molar-refractivity contribution is 5.91. The number of aryl methyl sites for hydroxylation is 1. The van der Waals surface area contributed by atoms with E-state index in [1.54, 1.807) is 6.20 Å². The first-order valence-electron chi connectivity index (χ1n) is 7.16. The molecule has 0 bridgehead atoms. The zero-order valence-electron chi connectivity index (χ0n) is 11.6. The van der Waals surface area contributed by atoms with Crippen LogP contribution >= 0.6 is 0 Å². The number of carbonyl (C=O) groups excluding carboxylic acids is 1. The molecule has 1 heterocycles. The second-order valence-corrected chi connectivity index (χ2v) is 5.50. The highest BCUT2D eigenvalue weighted by atomic mass is 16.3. The van der Waals surface area contributed by atoms with E-state index in [-0.39, 0.29) is 12.3 Å².